The molecule has 0 bridgehead atoms. The zero-order valence-corrected chi connectivity index (χ0v) is 13.8. The molecule has 0 saturated carbocycles. The van der Waals surface area contributed by atoms with E-state index in [1.54, 1.807) is 6.20 Å². The minimum absolute atomic E-state index is 0.108. The summed E-state index contributed by atoms with van der Waals surface area (Å²) in [4.78, 5) is 19.3. The lowest BCUT2D eigenvalue weighted by molar-refractivity contribution is -0.121. The van der Waals surface area contributed by atoms with Gasteiger partial charge in [-0.25, -0.2) is 0 Å². The number of likely N-dealkylation sites (tertiary alicyclic amines) is 1. The Hall–Kier alpha value is -1.94. The Morgan fingerprint density at radius 2 is 2.04 bits per heavy atom. The summed E-state index contributed by atoms with van der Waals surface area (Å²) in [6, 6.07) is 10.3. The predicted octanol–water partition coefficient (Wildman–Crippen LogP) is 2.77. The van der Waals surface area contributed by atoms with Crippen LogP contribution in [-0.2, 0) is 11.2 Å². The SMILES string of the molecule is CCCN1CCC(NC(=O)Cc2cccc3cccnc23)CC1. The summed E-state index contributed by atoms with van der Waals surface area (Å²) in [5, 5.41) is 4.29. The number of pyridine rings is 1. The Kier molecular flexibility index (Phi) is 5.23. The van der Waals surface area contributed by atoms with Gasteiger partial charge in [0.15, 0.2) is 0 Å². The average molecular weight is 311 g/mol. The van der Waals surface area contributed by atoms with Crippen LogP contribution in [0.3, 0.4) is 0 Å². The first-order valence-corrected chi connectivity index (χ1v) is 8.60. The third kappa shape index (κ3) is 4.08. The van der Waals surface area contributed by atoms with Gasteiger partial charge in [0, 0.05) is 30.7 Å². The van der Waals surface area contributed by atoms with E-state index in [1.165, 1.54) is 13.0 Å². The molecule has 1 fully saturated rings. The zero-order chi connectivity index (χ0) is 16.1. The van der Waals surface area contributed by atoms with Crippen LogP contribution in [-0.4, -0.2) is 41.5 Å². The second kappa shape index (κ2) is 7.55. The quantitative estimate of drug-likeness (QED) is 0.923. The van der Waals surface area contributed by atoms with Crippen LogP contribution < -0.4 is 5.32 Å². The van der Waals surface area contributed by atoms with Gasteiger partial charge < -0.3 is 10.2 Å². The molecule has 1 aliphatic rings. The van der Waals surface area contributed by atoms with Crippen LogP contribution in [0.25, 0.3) is 10.9 Å². The van der Waals surface area contributed by atoms with Crippen molar-refractivity contribution in [1.82, 2.24) is 15.2 Å². The number of rotatable bonds is 5. The summed E-state index contributed by atoms with van der Waals surface area (Å²) in [6.45, 7) is 5.57. The smallest absolute Gasteiger partial charge is 0.224 e. The van der Waals surface area contributed by atoms with E-state index in [2.05, 4.69) is 22.1 Å². The van der Waals surface area contributed by atoms with E-state index in [0.29, 0.717) is 12.5 Å². The standard InChI is InChI=1S/C19H25N3O/c1-2-11-22-12-8-17(9-13-22)21-18(23)14-16-6-3-5-15-7-4-10-20-19(15)16/h3-7,10,17H,2,8-9,11-14H2,1H3,(H,21,23). The van der Waals surface area contributed by atoms with Crippen LogP contribution in [0.15, 0.2) is 36.5 Å². The van der Waals surface area contributed by atoms with Crippen molar-refractivity contribution >= 4 is 16.8 Å². The summed E-state index contributed by atoms with van der Waals surface area (Å²) in [5.74, 6) is 0.108. The Labute approximate surface area is 137 Å². The number of carbonyl (C=O) groups excluding carboxylic acids is 1. The number of nitrogens with zero attached hydrogens (tertiary/aromatic N) is 2. The number of fused-ring (bicyclic) bond motifs is 1. The number of nitrogens with one attached hydrogen (secondary N) is 1. The first-order valence-electron chi connectivity index (χ1n) is 8.60. The maximum atomic E-state index is 12.4. The second-order valence-corrected chi connectivity index (χ2v) is 6.35. The molecule has 0 radical (unpaired) electrons. The van der Waals surface area contributed by atoms with Gasteiger partial charge in [-0.15, -0.1) is 0 Å². The molecule has 122 valence electrons. The molecule has 1 aromatic carbocycles. The van der Waals surface area contributed by atoms with Gasteiger partial charge >= 0.3 is 0 Å². The lowest BCUT2D eigenvalue weighted by Crippen LogP contribution is -2.45. The fourth-order valence-corrected chi connectivity index (χ4v) is 3.38. The van der Waals surface area contributed by atoms with Crippen LogP contribution in [0.2, 0.25) is 0 Å². The van der Waals surface area contributed by atoms with Crippen LogP contribution >= 0.6 is 0 Å². The topological polar surface area (TPSA) is 45.2 Å². The highest BCUT2D eigenvalue weighted by Crippen LogP contribution is 2.17. The number of aromatic nitrogens is 1. The highest BCUT2D eigenvalue weighted by molar-refractivity contribution is 5.87. The minimum atomic E-state index is 0.108. The summed E-state index contributed by atoms with van der Waals surface area (Å²) in [5.41, 5.74) is 1.94. The molecule has 1 aromatic heterocycles. The van der Waals surface area contributed by atoms with E-state index < -0.39 is 0 Å². The zero-order valence-electron chi connectivity index (χ0n) is 13.8. The van der Waals surface area contributed by atoms with Gasteiger partial charge in [-0.2, -0.15) is 0 Å². The molecule has 23 heavy (non-hydrogen) atoms. The lowest BCUT2D eigenvalue weighted by atomic mass is 10.0. The average Bonchev–Trinajstić information content (AvgIpc) is 2.57. The van der Waals surface area contributed by atoms with Crippen molar-refractivity contribution in [2.75, 3.05) is 19.6 Å². The number of benzene rings is 1. The molecule has 0 spiro atoms. The number of piperidine rings is 1. The van der Waals surface area contributed by atoms with Gasteiger partial charge in [0.05, 0.1) is 11.9 Å². The normalized spacial score (nSPS) is 16.6. The van der Waals surface area contributed by atoms with Crippen molar-refractivity contribution in [1.29, 1.82) is 0 Å². The third-order valence-corrected chi connectivity index (χ3v) is 4.56. The molecule has 1 saturated heterocycles. The highest BCUT2D eigenvalue weighted by Gasteiger charge is 2.20. The number of para-hydroxylation sites is 1. The molecule has 1 aliphatic heterocycles. The van der Waals surface area contributed by atoms with Crippen molar-refractivity contribution in [2.45, 2.75) is 38.6 Å². The molecule has 1 amide bonds. The maximum absolute atomic E-state index is 12.4. The fraction of sp³-hybridized carbons (Fsp3) is 0.474. The van der Waals surface area contributed by atoms with E-state index in [0.717, 1.165) is 42.4 Å². The molecular formula is C19H25N3O. The number of carbonyl (C=O) groups is 1. The molecule has 4 nitrogen and oxygen atoms in total. The van der Waals surface area contributed by atoms with Gasteiger partial charge in [0.2, 0.25) is 5.91 Å². The summed E-state index contributed by atoms with van der Waals surface area (Å²) < 4.78 is 0. The van der Waals surface area contributed by atoms with E-state index >= 15 is 0 Å². The third-order valence-electron chi connectivity index (χ3n) is 4.56. The Balaban J connectivity index is 1.57. The van der Waals surface area contributed by atoms with Gasteiger partial charge in [-0.3, -0.25) is 9.78 Å². The molecule has 2 aromatic rings. The maximum Gasteiger partial charge on any atom is 0.224 e. The monoisotopic (exact) mass is 311 g/mol. The van der Waals surface area contributed by atoms with Crippen molar-refractivity contribution in [3.8, 4) is 0 Å². The molecule has 0 unspecified atom stereocenters. The number of amides is 1. The first kappa shape index (κ1) is 15.9. The number of hydrogen-bond acceptors (Lipinski definition) is 3. The Bertz CT molecular complexity index is 657. The van der Waals surface area contributed by atoms with Crippen molar-refractivity contribution < 1.29 is 4.79 Å². The van der Waals surface area contributed by atoms with E-state index in [9.17, 15) is 4.79 Å². The Morgan fingerprint density at radius 1 is 1.26 bits per heavy atom. The fourth-order valence-electron chi connectivity index (χ4n) is 3.38. The molecule has 3 rings (SSSR count). The van der Waals surface area contributed by atoms with Crippen LogP contribution in [0.4, 0.5) is 0 Å². The second-order valence-electron chi connectivity index (χ2n) is 6.35. The van der Waals surface area contributed by atoms with Crippen LogP contribution in [0.5, 0.6) is 0 Å². The molecule has 2 heterocycles. The molecule has 4 heteroatoms. The van der Waals surface area contributed by atoms with E-state index in [-0.39, 0.29) is 5.91 Å². The van der Waals surface area contributed by atoms with Gasteiger partial charge in [0.25, 0.3) is 0 Å². The lowest BCUT2D eigenvalue weighted by Gasteiger charge is -2.32. The molecular weight excluding hydrogens is 286 g/mol. The summed E-state index contributed by atoms with van der Waals surface area (Å²) in [7, 11) is 0. The van der Waals surface area contributed by atoms with Crippen molar-refractivity contribution in [3.63, 3.8) is 0 Å². The summed E-state index contributed by atoms with van der Waals surface area (Å²) in [6.07, 6.45) is 5.50. The van der Waals surface area contributed by atoms with Crippen LogP contribution in [0, 0.1) is 0 Å². The van der Waals surface area contributed by atoms with E-state index in [1.807, 2.05) is 30.3 Å². The largest absolute Gasteiger partial charge is 0.353 e. The summed E-state index contributed by atoms with van der Waals surface area (Å²) >= 11 is 0. The van der Waals surface area contributed by atoms with Crippen molar-refractivity contribution in [3.05, 3.63) is 42.1 Å². The predicted molar refractivity (Wildman–Crippen MR) is 93.3 cm³/mol. The van der Waals surface area contributed by atoms with Gasteiger partial charge in [0.1, 0.15) is 0 Å². The minimum Gasteiger partial charge on any atom is -0.353 e. The number of hydrogen-bond donors (Lipinski definition) is 1. The molecule has 0 atom stereocenters. The highest BCUT2D eigenvalue weighted by atomic mass is 16.1. The Morgan fingerprint density at radius 3 is 2.83 bits per heavy atom. The van der Waals surface area contributed by atoms with E-state index in [4.69, 9.17) is 0 Å². The van der Waals surface area contributed by atoms with Gasteiger partial charge in [-0.05, 0) is 37.4 Å². The first-order chi connectivity index (χ1) is 11.3. The van der Waals surface area contributed by atoms with Crippen molar-refractivity contribution in [2.24, 2.45) is 0 Å². The van der Waals surface area contributed by atoms with Gasteiger partial charge in [-0.1, -0.05) is 31.2 Å². The molecule has 1 N–H and O–H groups in total. The van der Waals surface area contributed by atoms with Crippen LogP contribution in [0.1, 0.15) is 31.7 Å². The molecule has 0 aliphatic carbocycles.